The first-order valence-electron chi connectivity index (χ1n) is 15.0. The second-order valence-electron chi connectivity index (χ2n) is 10.8. The molecule has 242 valence electrons. The molecule has 1 aliphatic rings. The third-order valence-electron chi connectivity index (χ3n) is 7.50. The Morgan fingerprint density at radius 2 is 1.46 bits per heavy atom. The van der Waals surface area contributed by atoms with Crippen LogP contribution in [0.25, 0.3) is 0 Å². The highest BCUT2D eigenvalue weighted by atomic mass is 35.5. The standard InChI is InChI=1S/C34H35ClN2O6S3/c1-3-20-36(21-4-2)34(38)33(44-27-17-15-26(35)16-18-27)30-23-25-19-22-37(45(39,40)28-11-7-5-8-12-28)31(25)24-32(30)43-46(41,42)29-13-9-6-10-14-29/h5-18,23-24,33H,3-4,19-22H2,1-2H3. The quantitative estimate of drug-likeness (QED) is 0.106. The molecule has 0 aliphatic carbocycles. The Kier molecular flexibility index (Phi) is 10.7. The summed E-state index contributed by atoms with van der Waals surface area (Å²) in [5.41, 5.74) is 1.33. The number of carbonyl (C=O) groups excluding carboxylic acids is 1. The monoisotopic (exact) mass is 698 g/mol. The van der Waals surface area contributed by atoms with Crippen LogP contribution in [-0.2, 0) is 31.4 Å². The van der Waals surface area contributed by atoms with Crippen LogP contribution in [0.4, 0.5) is 5.69 Å². The fourth-order valence-corrected chi connectivity index (χ4v) is 9.08. The molecule has 0 saturated carbocycles. The van der Waals surface area contributed by atoms with Crippen molar-refractivity contribution in [2.24, 2.45) is 0 Å². The summed E-state index contributed by atoms with van der Waals surface area (Å²) in [4.78, 5) is 16.9. The average molecular weight is 699 g/mol. The molecule has 0 radical (unpaired) electrons. The first kappa shape index (κ1) is 33.8. The van der Waals surface area contributed by atoms with Crippen LogP contribution in [0.2, 0.25) is 5.02 Å². The molecule has 1 unspecified atom stereocenters. The lowest BCUT2D eigenvalue weighted by molar-refractivity contribution is -0.130. The Balaban J connectivity index is 1.68. The Hall–Kier alpha value is -3.51. The van der Waals surface area contributed by atoms with Crippen molar-refractivity contribution in [3.05, 3.63) is 113 Å². The molecule has 5 rings (SSSR count). The molecule has 1 amide bonds. The zero-order chi connectivity index (χ0) is 32.9. The van der Waals surface area contributed by atoms with E-state index in [1.54, 1.807) is 71.6 Å². The summed E-state index contributed by atoms with van der Waals surface area (Å²) in [7, 11) is -8.32. The van der Waals surface area contributed by atoms with Crippen LogP contribution in [0, 0.1) is 0 Å². The number of benzene rings is 4. The Morgan fingerprint density at radius 3 is 2.04 bits per heavy atom. The van der Waals surface area contributed by atoms with E-state index in [-0.39, 0.29) is 28.0 Å². The summed E-state index contributed by atoms with van der Waals surface area (Å²) >= 11 is 7.42. The van der Waals surface area contributed by atoms with Crippen molar-refractivity contribution in [1.29, 1.82) is 0 Å². The Bertz CT molecular complexity index is 1880. The van der Waals surface area contributed by atoms with Gasteiger partial charge in [-0.2, -0.15) is 8.42 Å². The van der Waals surface area contributed by atoms with E-state index in [4.69, 9.17) is 15.8 Å². The number of sulfonamides is 1. The van der Waals surface area contributed by atoms with Gasteiger partial charge in [-0.05, 0) is 79.4 Å². The van der Waals surface area contributed by atoms with Crippen LogP contribution < -0.4 is 8.49 Å². The van der Waals surface area contributed by atoms with Crippen LogP contribution in [0.3, 0.4) is 0 Å². The predicted octanol–water partition coefficient (Wildman–Crippen LogP) is 7.34. The van der Waals surface area contributed by atoms with E-state index in [0.29, 0.717) is 41.3 Å². The minimum atomic E-state index is -4.36. The summed E-state index contributed by atoms with van der Waals surface area (Å²) in [6, 6.07) is 26.0. The fourth-order valence-electron chi connectivity index (χ4n) is 5.34. The summed E-state index contributed by atoms with van der Waals surface area (Å²) in [5, 5.41) is -0.355. The Morgan fingerprint density at radius 1 is 0.870 bits per heavy atom. The summed E-state index contributed by atoms with van der Waals surface area (Å²) < 4.78 is 61.8. The van der Waals surface area contributed by atoms with Gasteiger partial charge >= 0.3 is 10.1 Å². The molecule has 0 saturated heterocycles. The van der Waals surface area contributed by atoms with Crippen LogP contribution in [0.15, 0.2) is 112 Å². The number of fused-ring (bicyclic) bond motifs is 1. The first-order chi connectivity index (χ1) is 22.0. The lowest BCUT2D eigenvalue weighted by Gasteiger charge is -2.28. The van der Waals surface area contributed by atoms with Crippen LogP contribution in [0.5, 0.6) is 5.75 Å². The molecule has 1 aliphatic heterocycles. The lowest BCUT2D eigenvalue weighted by Crippen LogP contribution is -2.35. The highest BCUT2D eigenvalue weighted by Gasteiger charge is 2.36. The topological polar surface area (TPSA) is 101 Å². The van der Waals surface area contributed by atoms with Gasteiger partial charge in [-0.3, -0.25) is 9.10 Å². The predicted molar refractivity (Wildman–Crippen MR) is 183 cm³/mol. The number of nitrogens with zero attached hydrogens (tertiary/aromatic N) is 2. The number of amides is 1. The van der Waals surface area contributed by atoms with Gasteiger partial charge in [0.1, 0.15) is 15.9 Å². The third-order valence-corrected chi connectivity index (χ3v) is 12.1. The molecule has 0 N–H and O–H groups in total. The average Bonchev–Trinajstić information content (AvgIpc) is 3.48. The van der Waals surface area contributed by atoms with Crippen LogP contribution in [0.1, 0.15) is 43.1 Å². The molecule has 0 fully saturated rings. The van der Waals surface area contributed by atoms with E-state index in [9.17, 15) is 21.6 Å². The highest BCUT2D eigenvalue weighted by molar-refractivity contribution is 8.00. The molecule has 0 spiro atoms. The van der Waals surface area contributed by atoms with Crippen LogP contribution >= 0.6 is 23.4 Å². The smallest absolute Gasteiger partial charge is 0.339 e. The number of halogens is 1. The van der Waals surface area contributed by atoms with E-state index >= 15 is 0 Å². The number of rotatable bonds is 13. The van der Waals surface area contributed by atoms with E-state index in [2.05, 4.69) is 0 Å². The molecule has 0 aromatic heterocycles. The second kappa shape index (κ2) is 14.5. The van der Waals surface area contributed by atoms with Crippen LogP contribution in [-0.4, -0.2) is 47.3 Å². The van der Waals surface area contributed by atoms with E-state index in [1.807, 2.05) is 13.8 Å². The summed E-state index contributed by atoms with van der Waals surface area (Å²) in [5.74, 6) is -0.303. The largest absolute Gasteiger partial charge is 0.379 e. The van der Waals surface area contributed by atoms with Crippen molar-refractivity contribution < 1.29 is 25.8 Å². The van der Waals surface area contributed by atoms with Gasteiger partial charge in [0, 0.05) is 41.2 Å². The van der Waals surface area contributed by atoms with Crippen molar-refractivity contribution in [2.75, 3.05) is 23.9 Å². The number of hydrogen-bond donors (Lipinski definition) is 0. The molecule has 12 heteroatoms. The van der Waals surface area contributed by atoms with Crippen molar-refractivity contribution in [3.63, 3.8) is 0 Å². The van der Waals surface area contributed by atoms with Gasteiger partial charge in [0.15, 0.2) is 0 Å². The number of thioether (sulfide) groups is 1. The molecule has 46 heavy (non-hydrogen) atoms. The molecule has 0 bridgehead atoms. The maximum absolute atomic E-state index is 14.4. The maximum atomic E-state index is 14.4. The normalized spacial score (nSPS) is 13.7. The van der Waals surface area contributed by atoms with Crippen molar-refractivity contribution in [3.8, 4) is 5.75 Å². The number of carbonyl (C=O) groups is 1. The zero-order valence-corrected chi connectivity index (χ0v) is 28.7. The van der Waals surface area contributed by atoms with Gasteiger partial charge in [-0.1, -0.05) is 61.8 Å². The van der Waals surface area contributed by atoms with Gasteiger partial charge < -0.3 is 9.08 Å². The molecule has 1 heterocycles. The minimum absolute atomic E-state index is 0.0676. The number of anilines is 1. The fraction of sp³-hybridized carbons (Fsp3) is 0.265. The van der Waals surface area contributed by atoms with Crippen molar-refractivity contribution in [2.45, 2.75) is 53.0 Å². The highest BCUT2D eigenvalue weighted by Crippen LogP contribution is 2.46. The molecular formula is C34H35ClN2O6S3. The summed E-state index contributed by atoms with van der Waals surface area (Å²) in [6.07, 6.45) is 1.86. The Labute approximate surface area is 280 Å². The summed E-state index contributed by atoms with van der Waals surface area (Å²) in [6.45, 7) is 5.19. The van der Waals surface area contributed by atoms with Gasteiger partial charge in [-0.15, -0.1) is 11.8 Å². The molecule has 4 aromatic carbocycles. The first-order valence-corrected chi connectivity index (χ1v) is 19.1. The van der Waals surface area contributed by atoms with E-state index < -0.39 is 25.4 Å². The SMILES string of the molecule is CCCN(CCC)C(=O)C(Sc1ccc(Cl)cc1)c1cc2c(cc1OS(=O)(=O)c1ccccc1)N(S(=O)(=O)c1ccccc1)CC2. The lowest BCUT2D eigenvalue weighted by atomic mass is 10.0. The van der Waals surface area contributed by atoms with Gasteiger partial charge in [0.25, 0.3) is 10.0 Å². The molecular weight excluding hydrogens is 664 g/mol. The molecule has 4 aromatic rings. The number of hydrogen-bond acceptors (Lipinski definition) is 7. The second-order valence-corrected chi connectivity index (χ2v) is 15.8. The third kappa shape index (κ3) is 7.38. The van der Waals surface area contributed by atoms with Gasteiger partial charge in [0.05, 0.1) is 10.6 Å². The van der Waals surface area contributed by atoms with Crippen molar-refractivity contribution >= 4 is 55.1 Å². The van der Waals surface area contributed by atoms with E-state index in [0.717, 1.165) is 17.7 Å². The van der Waals surface area contributed by atoms with Gasteiger partial charge in [0.2, 0.25) is 5.91 Å². The molecule has 8 nitrogen and oxygen atoms in total. The minimum Gasteiger partial charge on any atom is -0.379 e. The van der Waals surface area contributed by atoms with E-state index in [1.165, 1.54) is 46.4 Å². The zero-order valence-electron chi connectivity index (χ0n) is 25.5. The molecule has 1 atom stereocenters. The van der Waals surface area contributed by atoms with Gasteiger partial charge in [-0.25, -0.2) is 8.42 Å². The maximum Gasteiger partial charge on any atom is 0.339 e. The van der Waals surface area contributed by atoms with Crippen molar-refractivity contribution in [1.82, 2.24) is 4.90 Å².